The van der Waals surface area contributed by atoms with Crippen molar-refractivity contribution >= 4 is 38.5 Å². The summed E-state index contributed by atoms with van der Waals surface area (Å²) in [6.45, 7) is 0. The third-order valence-corrected chi connectivity index (χ3v) is 4.52. The summed E-state index contributed by atoms with van der Waals surface area (Å²) >= 11 is 3.13. The van der Waals surface area contributed by atoms with Crippen molar-refractivity contribution in [3.05, 3.63) is 34.2 Å². The van der Waals surface area contributed by atoms with E-state index in [4.69, 9.17) is 4.74 Å². The molecule has 7 heteroatoms. The predicted octanol–water partition coefficient (Wildman–Crippen LogP) is 3.42. The first-order chi connectivity index (χ1) is 10.5. The molecule has 0 aliphatic heterocycles. The number of methoxy groups -OCH3 is 1. The highest BCUT2D eigenvalue weighted by molar-refractivity contribution is 9.10. The van der Waals surface area contributed by atoms with Crippen LogP contribution in [0.4, 0.5) is 10.1 Å². The molecular formula is C15H14BrFN2O3. The van der Waals surface area contributed by atoms with Gasteiger partial charge in [0.15, 0.2) is 0 Å². The SMILES string of the molecule is COC1CC(Nc2c(C(=O)O)cnc3cc(F)c(Br)cc23)C1. The highest BCUT2D eigenvalue weighted by Crippen LogP contribution is 2.34. The zero-order chi connectivity index (χ0) is 15.9. The maximum absolute atomic E-state index is 13.6. The van der Waals surface area contributed by atoms with Crippen LogP contribution in [0, 0.1) is 5.82 Å². The molecule has 1 heterocycles. The second kappa shape index (κ2) is 5.81. The Hall–Kier alpha value is -1.73. The lowest BCUT2D eigenvalue weighted by molar-refractivity contribution is 0.0329. The minimum atomic E-state index is -1.07. The van der Waals surface area contributed by atoms with Crippen molar-refractivity contribution in [1.82, 2.24) is 4.98 Å². The molecule has 22 heavy (non-hydrogen) atoms. The first kappa shape index (κ1) is 15.2. The second-order valence-electron chi connectivity index (χ2n) is 5.31. The topological polar surface area (TPSA) is 71.5 Å². The Bertz CT molecular complexity index is 747. The molecule has 0 amide bonds. The number of aromatic nitrogens is 1. The summed E-state index contributed by atoms with van der Waals surface area (Å²) in [5.41, 5.74) is 0.959. The number of rotatable bonds is 4. The van der Waals surface area contributed by atoms with Crippen LogP contribution < -0.4 is 5.32 Å². The van der Waals surface area contributed by atoms with Gasteiger partial charge in [-0.25, -0.2) is 9.18 Å². The summed E-state index contributed by atoms with van der Waals surface area (Å²) in [5.74, 6) is -1.50. The van der Waals surface area contributed by atoms with Crippen LogP contribution in [-0.2, 0) is 4.74 Å². The summed E-state index contributed by atoms with van der Waals surface area (Å²) in [4.78, 5) is 15.5. The molecule has 1 aliphatic rings. The zero-order valence-corrected chi connectivity index (χ0v) is 13.4. The average Bonchev–Trinajstić information content (AvgIpc) is 2.43. The Morgan fingerprint density at radius 3 is 2.86 bits per heavy atom. The number of carbonyl (C=O) groups is 1. The summed E-state index contributed by atoms with van der Waals surface area (Å²) < 4.78 is 19.1. The Kier molecular flexibility index (Phi) is 4.01. The van der Waals surface area contributed by atoms with E-state index in [9.17, 15) is 14.3 Å². The molecule has 0 saturated heterocycles. The van der Waals surface area contributed by atoms with Crippen molar-refractivity contribution in [3.8, 4) is 0 Å². The van der Waals surface area contributed by atoms with Gasteiger partial charge in [-0.15, -0.1) is 0 Å². The van der Waals surface area contributed by atoms with E-state index in [-0.39, 0.29) is 22.2 Å². The number of carboxylic acids is 1. The first-order valence-electron chi connectivity index (χ1n) is 6.80. The maximum Gasteiger partial charge on any atom is 0.339 e. The molecule has 0 spiro atoms. The van der Waals surface area contributed by atoms with Gasteiger partial charge in [-0.3, -0.25) is 4.98 Å². The fourth-order valence-electron chi connectivity index (χ4n) is 2.58. The normalized spacial score (nSPS) is 20.7. The lowest BCUT2D eigenvalue weighted by atomic mass is 9.88. The van der Waals surface area contributed by atoms with Crippen molar-refractivity contribution in [1.29, 1.82) is 0 Å². The smallest absolute Gasteiger partial charge is 0.339 e. The Labute approximate surface area is 134 Å². The predicted molar refractivity (Wildman–Crippen MR) is 83.8 cm³/mol. The van der Waals surface area contributed by atoms with Crippen molar-refractivity contribution < 1.29 is 19.0 Å². The van der Waals surface area contributed by atoms with Crippen LogP contribution in [0.3, 0.4) is 0 Å². The molecule has 1 fully saturated rings. The number of aromatic carboxylic acids is 1. The number of nitrogens with one attached hydrogen (secondary N) is 1. The van der Waals surface area contributed by atoms with Gasteiger partial charge < -0.3 is 15.2 Å². The van der Waals surface area contributed by atoms with E-state index in [1.807, 2.05) is 0 Å². The van der Waals surface area contributed by atoms with E-state index in [1.165, 1.54) is 12.3 Å². The standard InChI is InChI=1S/C15H14BrFN2O3/c1-22-8-2-7(3-8)19-14-9-4-11(16)12(17)5-13(9)18-6-10(14)15(20)21/h4-8H,2-3H2,1H3,(H,18,19)(H,20,21). The Balaban J connectivity index is 2.05. The van der Waals surface area contributed by atoms with E-state index in [0.717, 1.165) is 12.8 Å². The fourth-order valence-corrected chi connectivity index (χ4v) is 2.93. The molecule has 0 unspecified atom stereocenters. The van der Waals surface area contributed by atoms with Gasteiger partial charge >= 0.3 is 5.97 Å². The molecule has 3 rings (SSSR count). The van der Waals surface area contributed by atoms with Crippen LogP contribution in [0.2, 0.25) is 0 Å². The van der Waals surface area contributed by atoms with Crippen LogP contribution >= 0.6 is 15.9 Å². The quantitative estimate of drug-likeness (QED) is 0.864. The molecule has 1 aromatic heterocycles. The molecular weight excluding hydrogens is 355 g/mol. The number of ether oxygens (including phenoxy) is 1. The van der Waals surface area contributed by atoms with Crippen molar-refractivity contribution in [2.45, 2.75) is 25.0 Å². The number of nitrogens with zero attached hydrogens (tertiary/aromatic N) is 1. The van der Waals surface area contributed by atoms with E-state index < -0.39 is 11.8 Å². The van der Waals surface area contributed by atoms with Gasteiger partial charge in [-0.05, 0) is 34.8 Å². The Morgan fingerprint density at radius 1 is 1.50 bits per heavy atom. The lowest BCUT2D eigenvalue weighted by Gasteiger charge is -2.35. The molecule has 2 aromatic rings. The van der Waals surface area contributed by atoms with Crippen LogP contribution in [-0.4, -0.2) is 35.3 Å². The van der Waals surface area contributed by atoms with Gasteiger partial charge in [0.25, 0.3) is 0 Å². The molecule has 1 saturated carbocycles. The van der Waals surface area contributed by atoms with Crippen molar-refractivity contribution in [2.75, 3.05) is 12.4 Å². The number of benzene rings is 1. The molecule has 0 bridgehead atoms. The minimum absolute atomic E-state index is 0.0758. The van der Waals surface area contributed by atoms with Gasteiger partial charge in [-0.1, -0.05) is 0 Å². The largest absolute Gasteiger partial charge is 0.478 e. The van der Waals surface area contributed by atoms with Crippen LogP contribution in [0.25, 0.3) is 10.9 Å². The zero-order valence-electron chi connectivity index (χ0n) is 11.8. The molecule has 2 N–H and O–H groups in total. The van der Waals surface area contributed by atoms with Gasteiger partial charge in [0.1, 0.15) is 11.4 Å². The maximum atomic E-state index is 13.6. The minimum Gasteiger partial charge on any atom is -0.478 e. The Morgan fingerprint density at radius 2 is 2.23 bits per heavy atom. The van der Waals surface area contributed by atoms with Crippen LogP contribution in [0.1, 0.15) is 23.2 Å². The number of hydrogen-bond acceptors (Lipinski definition) is 4. The number of fused-ring (bicyclic) bond motifs is 1. The van der Waals surface area contributed by atoms with E-state index >= 15 is 0 Å². The molecule has 5 nitrogen and oxygen atoms in total. The summed E-state index contributed by atoms with van der Waals surface area (Å²) in [6, 6.07) is 2.98. The third-order valence-electron chi connectivity index (χ3n) is 3.92. The van der Waals surface area contributed by atoms with Gasteiger partial charge in [0.2, 0.25) is 0 Å². The third kappa shape index (κ3) is 2.66. The summed E-state index contributed by atoms with van der Waals surface area (Å²) in [6.07, 6.45) is 3.07. The fraction of sp³-hybridized carbons (Fsp3) is 0.333. The lowest BCUT2D eigenvalue weighted by Crippen LogP contribution is -2.40. The molecule has 0 atom stereocenters. The van der Waals surface area contributed by atoms with Gasteiger partial charge in [-0.2, -0.15) is 0 Å². The number of pyridine rings is 1. The van der Waals surface area contributed by atoms with Gasteiger partial charge in [0, 0.05) is 30.8 Å². The van der Waals surface area contributed by atoms with Gasteiger partial charge in [0.05, 0.1) is 21.8 Å². The number of halogens is 2. The monoisotopic (exact) mass is 368 g/mol. The highest BCUT2D eigenvalue weighted by atomic mass is 79.9. The van der Waals surface area contributed by atoms with Crippen LogP contribution in [0.15, 0.2) is 22.8 Å². The van der Waals surface area contributed by atoms with E-state index in [0.29, 0.717) is 16.6 Å². The van der Waals surface area contributed by atoms with E-state index in [1.54, 1.807) is 13.2 Å². The van der Waals surface area contributed by atoms with Crippen LogP contribution in [0.5, 0.6) is 0 Å². The molecule has 0 radical (unpaired) electrons. The van der Waals surface area contributed by atoms with Crippen molar-refractivity contribution in [2.24, 2.45) is 0 Å². The molecule has 1 aliphatic carbocycles. The number of hydrogen-bond donors (Lipinski definition) is 2. The summed E-state index contributed by atoms with van der Waals surface area (Å²) in [7, 11) is 1.66. The first-order valence-corrected chi connectivity index (χ1v) is 7.59. The highest BCUT2D eigenvalue weighted by Gasteiger charge is 2.30. The average molecular weight is 369 g/mol. The molecule has 116 valence electrons. The van der Waals surface area contributed by atoms with Crippen molar-refractivity contribution in [3.63, 3.8) is 0 Å². The number of carboxylic acid groups (broad SMARTS) is 1. The number of anilines is 1. The van der Waals surface area contributed by atoms with E-state index in [2.05, 4.69) is 26.2 Å². The summed E-state index contributed by atoms with van der Waals surface area (Å²) in [5, 5.41) is 13.2. The molecule has 1 aromatic carbocycles. The second-order valence-corrected chi connectivity index (χ2v) is 6.16.